The number of hydrogen-bond acceptors (Lipinski definition) is 6. The summed E-state index contributed by atoms with van der Waals surface area (Å²) in [6.07, 6.45) is 2.01. The molecule has 0 heterocycles. The molecule has 1 aromatic rings. The van der Waals surface area contributed by atoms with Crippen molar-refractivity contribution >= 4 is 39.6 Å². The Balaban J connectivity index is 3.05. The second-order valence-electron chi connectivity index (χ2n) is 5.32. The fourth-order valence-electron chi connectivity index (χ4n) is 1.87. The number of amides is 2. The molecule has 1 aromatic carbocycles. The van der Waals surface area contributed by atoms with Crippen LogP contribution in [0.1, 0.15) is 25.0 Å². The summed E-state index contributed by atoms with van der Waals surface area (Å²) >= 11 is 3.27. The molecular formula is C15H25N5OS2. The Morgan fingerprint density at radius 1 is 1.35 bits per heavy atom. The zero-order valence-electron chi connectivity index (χ0n) is 14.2. The first kappa shape index (κ1) is 19.8. The van der Waals surface area contributed by atoms with E-state index in [1.165, 1.54) is 7.05 Å². The molecule has 4 N–H and O–H groups in total. The Kier molecular flexibility index (Phi) is 7.90. The fraction of sp³-hybridized carbons (Fsp3) is 0.467. The van der Waals surface area contributed by atoms with Gasteiger partial charge in [-0.2, -0.15) is 0 Å². The molecule has 6 nitrogen and oxygen atoms in total. The molecule has 0 radical (unpaired) electrons. The molecule has 0 fully saturated rings. The molecular weight excluding hydrogens is 330 g/mol. The maximum atomic E-state index is 12.0. The summed E-state index contributed by atoms with van der Waals surface area (Å²) in [5.74, 6) is 12.1. The van der Waals surface area contributed by atoms with Gasteiger partial charge < -0.3 is 0 Å². The minimum absolute atomic E-state index is 0.250. The van der Waals surface area contributed by atoms with Gasteiger partial charge >= 0.3 is 6.03 Å². The standard InChI is InChI=1S/C15H25N5OS2/c1-10(2)18-14(22-5)23-9-12-11(3)7-6-8-13(12)20(17)15(21)19(4)16/h6-8,10H,9,16-17H2,1-5H3. The van der Waals surface area contributed by atoms with Crippen LogP contribution in [0.25, 0.3) is 0 Å². The molecule has 0 saturated heterocycles. The van der Waals surface area contributed by atoms with E-state index >= 15 is 0 Å². The summed E-state index contributed by atoms with van der Waals surface area (Å²) in [7, 11) is 1.47. The largest absolute Gasteiger partial charge is 0.352 e. The molecule has 0 bridgehead atoms. The minimum Gasteiger partial charge on any atom is -0.269 e. The predicted molar refractivity (Wildman–Crippen MR) is 103 cm³/mol. The molecule has 1 rings (SSSR count). The smallest absolute Gasteiger partial charge is 0.269 e. The summed E-state index contributed by atoms with van der Waals surface area (Å²) in [6.45, 7) is 6.10. The third kappa shape index (κ3) is 5.72. The maximum Gasteiger partial charge on any atom is 0.352 e. The summed E-state index contributed by atoms with van der Waals surface area (Å²) in [6, 6.07) is 5.48. The normalized spacial score (nSPS) is 11.7. The molecule has 0 atom stereocenters. The average molecular weight is 356 g/mol. The van der Waals surface area contributed by atoms with E-state index in [-0.39, 0.29) is 6.04 Å². The third-order valence-electron chi connectivity index (χ3n) is 3.03. The number of thioether (sulfide) groups is 2. The molecule has 8 heteroatoms. The summed E-state index contributed by atoms with van der Waals surface area (Å²) < 4.78 is 1.01. The number of anilines is 1. The fourth-order valence-corrected chi connectivity index (χ4v) is 3.76. The molecule has 0 saturated carbocycles. The van der Waals surface area contributed by atoms with Gasteiger partial charge in [0.05, 0.1) is 5.69 Å². The van der Waals surface area contributed by atoms with Crippen molar-refractivity contribution in [2.45, 2.75) is 32.6 Å². The number of aryl methyl sites for hydroxylation is 1. The quantitative estimate of drug-likeness (QED) is 0.285. The predicted octanol–water partition coefficient (Wildman–Crippen LogP) is 2.96. The van der Waals surface area contributed by atoms with E-state index in [1.54, 1.807) is 23.5 Å². The number of carbonyl (C=O) groups excluding carboxylic acids is 1. The van der Waals surface area contributed by atoms with E-state index in [9.17, 15) is 4.79 Å². The summed E-state index contributed by atoms with van der Waals surface area (Å²) in [5, 5.41) is 2.05. The van der Waals surface area contributed by atoms with Crippen molar-refractivity contribution in [2.24, 2.45) is 16.7 Å². The number of aliphatic imine (C=N–C) groups is 1. The van der Waals surface area contributed by atoms with Crippen LogP contribution in [-0.4, -0.2) is 34.8 Å². The highest BCUT2D eigenvalue weighted by Gasteiger charge is 2.19. The van der Waals surface area contributed by atoms with Gasteiger partial charge in [-0.25, -0.2) is 21.5 Å². The van der Waals surface area contributed by atoms with E-state index < -0.39 is 6.03 Å². The highest BCUT2D eigenvalue weighted by molar-refractivity contribution is 8.38. The van der Waals surface area contributed by atoms with Crippen LogP contribution in [0.4, 0.5) is 10.5 Å². The molecule has 2 amide bonds. The van der Waals surface area contributed by atoms with Crippen LogP contribution in [0, 0.1) is 6.92 Å². The number of hydrogen-bond donors (Lipinski definition) is 2. The summed E-state index contributed by atoms with van der Waals surface area (Å²) in [4.78, 5) is 16.6. The van der Waals surface area contributed by atoms with Crippen LogP contribution in [0.2, 0.25) is 0 Å². The Labute approximate surface area is 146 Å². The van der Waals surface area contributed by atoms with Crippen molar-refractivity contribution in [3.63, 3.8) is 0 Å². The molecule has 0 spiro atoms. The maximum absolute atomic E-state index is 12.0. The van der Waals surface area contributed by atoms with Crippen LogP contribution in [0.5, 0.6) is 0 Å². The van der Waals surface area contributed by atoms with Crippen molar-refractivity contribution in [2.75, 3.05) is 18.3 Å². The van der Waals surface area contributed by atoms with E-state index in [1.807, 2.05) is 45.2 Å². The van der Waals surface area contributed by atoms with Gasteiger partial charge in [0.1, 0.15) is 4.38 Å². The van der Waals surface area contributed by atoms with Crippen LogP contribution in [0.3, 0.4) is 0 Å². The lowest BCUT2D eigenvalue weighted by atomic mass is 10.1. The van der Waals surface area contributed by atoms with E-state index in [0.717, 1.165) is 25.5 Å². The first-order valence-corrected chi connectivity index (χ1v) is 9.39. The first-order valence-electron chi connectivity index (χ1n) is 7.18. The number of rotatable bonds is 4. The van der Waals surface area contributed by atoms with Gasteiger partial charge in [0.2, 0.25) is 0 Å². The molecule has 23 heavy (non-hydrogen) atoms. The Morgan fingerprint density at radius 3 is 2.52 bits per heavy atom. The van der Waals surface area contributed by atoms with Crippen LogP contribution in [0.15, 0.2) is 23.2 Å². The number of benzene rings is 1. The van der Waals surface area contributed by atoms with E-state index in [0.29, 0.717) is 11.4 Å². The third-order valence-corrected chi connectivity index (χ3v) is 5.12. The Morgan fingerprint density at radius 2 is 2.00 bits per heavy atom. The number of nitrogens with two attached hydrogens (primary N) is 2. The number of carbonyl (C=O) groups is 1. The molecule has 128 valence electrons. The van der Waals surface area contributed by atoms with Gasteiger partial charge in [-0.05, 0) is 44.2 Å². The zero-order valence-corrected chi connectivity index (χ0v) is 15.9. The number of hydrazine groups is 2. The van der Waals surface area contributed by atoms with Gasteiger partial charge in [0, 0.05) is 18.8 Å². The van der Waals surface area contributed by atoms with Gasteiger partial charge in [-0.3, -0.25) is 10.0 Å². The average Bonchev–Trinajstić information content (AvgIpc) is 2.50. The zero-order chi connectivity index (χ0) is 17.6. The lowest BCUT2D eigenvalue weighted by molar-refractivity contribution is 0.216. The second kappa shape index (κ2) is 9.17. The van der Waals surface area contributed by atoms with Gasteiger partial charge in [0.15, 0.2) is 0 Å². The Hall–Kier alpha value is -1.22. The lowest BCUT2D eigenvalue weighted by Crippen LogP contribution is -2.49. The van der Waals surface area contributed by atoms with Crippen molar-refractivity contribution in [1.29, 1.82) is 0 Å². The SMILES string of the molecule is CSC(=NC(C)C)SCc1c(C)cccc1N(N)C(=O)N(C)N. The summed E-state index contributed by atoms with van der Waals surface area (Å²) in [5.41, 5.74) is 2.73. The van der Waals surface area contributed by atoms with Gasteiger partial charge in [0.25, 0.3) is 0 Å². The van der Waals surface area contributed by atoms with Gasteiger partial charge in [-0.1, -0.05) is 23.9 Å². The molecule has 0 aromatic heterocycles. The van der Waals surface area contributed by atoms with Crippen molar-refractivity contribution in [3.8, 4) is 0 Å². The monoisotopic (exact) mass is 355 g/mol. The number of urea groups is 1. The topological polar surface area (TPSA) is 88.0 Å². The highest BCUT2D eigenvalue weighted by Crippen LogP contribution is 2.29. The second-order valence-corrected chi connectivity index (χ2v) is 7.34. The number of nitrogens with zero attached hydrogens (tertiary/aromatic N) is 3. The minimum atomic E-state index is -0.470. The first-order chi connectivity index (χ1) is 10.8. The lowest BCUT2D eigenvalue weighted by Gasteiger charge is -2.24. The van der Waals surface area contributed by atoms with Crippen LogP contribution < -0.4 is 16.7 Å². The van der Waals surface area contributed by atoms with Crippen molar-refractivity contribution < 1.29 is 4.79 Å². The molecule has 0 aliphatic carbocycles. The van der Waals surface area contributed by atoms with Crippen LogP contribution >= 0.6 is 23.5 Å². The van der Waals surface area contributed by atoms with Gasteiger partial charge in [-0.15, -0.1) is 11.8 Å². The van der Waals surface area contributed by atoms with Crippen LogP contribution in [-0.2, 0) is 5.75 Å². The molecule has 0 aliphatic heterocycles. The molecule has 0 unspecified atom stereocenters. The Bertz CT molecular complexity index is 575. The highest BCUT2D eigenvalue weighted by atomic mass is 32.2. The van der Waals surface area contributed by atoms with E-state index in [4.69, 9.17) is 11.7 Å². The van der Waals surface area contributed by atoms with Crippen molar-refractivity contribution in [1.82, 2.24) is 5.01 Å². The van der Waals surface area contributed by atoms with Crippen molar-refractivity contribution in [3.05, 3.63) is 29.3 Å². The molecule has 0 aliphatic rings. The van der Waals surface area contributed by atoms with E-state index in [2.05, 4.69) is 4.99 Å².